The van der Waals surface area contributed by atoms with Gasteiger partial charge in [-0.05, 0) is 6.07 Å². The number of benzene rings is 1. The molecule has 0 heterocycles. The lowest BCUT2D eigenvalue weighted by molar-refractivity contribution is -0.384. The van der Waals surface area contributed by atoms with Gasteiger partial charge in [0.2, 0.25) is 0 Å². The summed E-state index contributed by atoms with van der Waals surface area (Å²) >= 11 is 0. The van der Waals surface area contributed by atoms with E-state index in [4.69, 9.17) is 10.4 Å². The van der Waals surface area contributed by atoms with Gasteiger partial charge in [0.1, 0.15) is 6.21 Å². The van der Waals surface area contributed by atoms with E-state index in [0.29, 0.717) is 6.21 Å². The van der Waals surface area contributed by atoms with Gasteiger partial charge in [0, 0.05) is 12.1 Å². The second-order valence-corrected chi connectivity index (χ2v) is 3.23. The van der Waals surface area contributed by atoms with Crippen LogP contribution in [0, 0.1) is 21.6 Å². The Bertz CT molecular complexity index is 621. The van der Waals surface area contributed by atoms with Crippen LogP contribution < -0.4 is 5.43 Å². The van der Waals surface area contributed by atoms with Crippen molar-refractivity contribution in [1.82, 2.24) is 4.90 Å². The number of imide groups is 1. The molecule has 0 aliphatic carbocycles. The average Bonchev–Trinajstić information content (AvgIpc) is 2.39. The molecule has 1 rings (SSSR count). The normalized spacial score (nSPS) is 9.75. The zero-order valence-corrected chi connectivity index (χ0v) is 9.76. The molecule has 0 spiro atoms. The molecule has 10 nitrogen and oxygen atoms in total. The highest BCUT2D eigenvalue weighted by Gasteiger charge is 2.18. The molecule has 102 valence electrons. The molecular formula is C10H7N5O5. The molecule has 0 fully saturated rings. The first-order valence-electron chi connectivity index (χ1n) is 4.96. The van der Waals surface area contributed by atoms with E-state index in [0.717, 1.165) is 6.19 Å². The number of nitro benzene ring substituents is 1. The van der Waals surface area contributed by atoms with Gasteiger partial charge in [-0.25, -0.2) is 4.79 Å². The molecule has 10 heteroatoms. The number of nitro groups is 1. The Kier molecular flexibility index (Phi) is 4.70. The van der Waals surface area contributed by atoms with Gasteiger partial charge in [0.05, 0.1) is 10.6 Å². The second-order valence-electron chi connectivity index (χ2n) is 3.23. The van der Waals surface area contributed by atoms with E-state index in [1.807, 2.05) is 0 Å². The van der Waals surface area contributed by atoms with E-state index in [-0.39, 0.29) is 16.3 Å². The van der Waals surface area contributed by atoms with E-state index in [9.17, 15) is 19.7 Å². The Balaban J connectivity index is 2.72. The molecule has 0 unspecified atom stereocenters. The minimum absolute atomic E-state index is 0.126. The van der Waals surface area contributed by atoms with Crippen LogP contribution in [-0.4, -0.2) is 33.1 Å². The first kappa shape index (κ1) is 14.6. The Morgan fingerprint density at radius 1 is 1.55 bits per heavy atom. The number of nitriles is 1. The second kappa shape index (κ2) is 6.45. The predicted octanol–water partition coefficient (Wildman–Crippen LogP) is 0.980. The molecule has 0 aliphatic heterocycles. The Labute approximate surface area is 111 Å². The van der Waals surface area contributed by atoms with Crippen LogP contribution in [0.5, 0.6) is 0 Å². The molecule has 2 N–H and O–H groups in total. The van der Waals surface area contributed by atoms with Crippen LogP contribution in [0.1, 0.15) is 0 Å². The molecule has 0 bridgehead atoms. The molecule has 0 saturated heterocycles. The standard InChI is InChI=1S/C10H7N5O5/c11-6-14(10(17)18)9(16)5-12-13-7-2-1-3-8(4-7)15(19)20/h1-5,13H,(H,17,18). The van der Waals surface area contributed by atoms with Gasteiger partial charge in [-0.2, -0.15) is 10.4 Å². The molecule has 0 atom stereocenters. The summed E-state index contributed by atoms with van der Waals surface area (Å²) in [5.74, 6) is -1.17. The van der Waals surface area contributed by atoms with Gasteiger partial charge in [-0.3, -0.25) is 20.3 Å². The summed E-state index contributed by atoms with van der Waals surface area (Å²) in [6.07, 6.45) is -0.0212. The van der Waals surface area contributed by atoms with Crippen molar-refractivity contribution in [2.75, 3.05) is 5.43 Å². The number of nitrogens with zero attached hydrogens (tertiary/aromatic N) is 4. The van der Waals surface area contributed by atoms with Crippen molar-refractivity contribution < 1.29 is 19.6 Å². The number of carbonyl (C=O) groups excluding carboxylic acids is 1. The summed E-state index contributed by atoms with van der Waals surface area (Å²) in [6.45, 7) is 0. The number of carbonyl (C=O) groups is 2. The van der Waals surface area contributed by atoms with Crippen molar-refractivity contribution in [2.45, 2.75) is 0 Å². The number of rotatable bonds is 4. The maximum Gasteiger partial charge on any atom is 0.428 e. The third-order valence-corrected chi connectivity index (χ3v) is 1.94. The maximum absolute atomic E-state index is 11.2. The van der Waals surface area contributed by atoms with Crippen LogP contribution >= 0.6 is 0 Å². The predicted molar refractivity (Wildman–Crippen MR) is 65.7 cm³/mol. The number of hydrogen-bond acceptors (Lipinski definition) is 7. The zero-order valence-electron chi connectivity index (χ0n) is 9.76. The summed E-state index contributed by atoms with van der Waals surface area (Å²) in [5, 5.41) is 30.8. The number of hydrazone groups is 1. The van der Waals surface area contributed by atoms with E-state index >= 15 is 0 Å². The lowest BCUT2D eigenvalue weighted by Crippen LogP contribution is -2.32. The lowest BCUT2D eigenvalue weighted by atomic mass is 10.3. The Morgan fingerprint density at radius 2 is 2.25 bits per heavy atom. The molecule has 20 heavy (non-hydrogen) atoms. The van der Waals surface area contributed by atoms with Crippen LogP contribution in [0.2, 0.25) is 0 Å². The SMILES string of the molecule is N#CN(C(=O)O)C(=O)C=NNc1cccc([N+](=O)[O-])c1. The van der Waals surface area contributed by atoms with Crippen molar-refractivity contribution in [3.05, 3.63) is 34.4 Å². The molecule has 1 aromatic carbocycles. The van der Waals surface area contributed by atoms with Crippen LogP contribution in [0.4, 0.5) is 16.2 Å². The highest BCUT2D eigenvalue weighted by Crippen LogP contribution is 2.16. The number of non-ortho nitro benzene ring substituents is 1. The van der Waals surface area contributed by atoms with E-state index in [1.165, 1.54) is 24.3 Å². The number of amides is 2. The summed E-state index contributed by atoms with van der Waals surface area (Å²) in [4.78, 5) is 31.4. The number of anilines is 1. The number of carboxylic acid groups (broad SMARTS) is 1. The van der Waals surface area contributed by atoms with Crippen molar-refractivity contribution >= 4 is 29.6 Å². The smallest absolute Gasteiger partial charge is 0.428 e. The van der Waals surface area contributed by atoms with E-state index in [1.54, 1.807) is 0 Å². The fourth-order valence-electron chi connectivity index (χ4n) is 1.10. The average molecular weight is 277 g/mol. The van der Waals surface area contributed by atoms with Crippen molar-refractivity contribution in [3.8, 4) is 6.19 Å². The first-order valence-corrected chi connectivity index (χ1v) is 4.96. The van der Waals surface area contributed by atoms with E-state index in [2.05, 4.69) is 10.5 Å². The fraction of sp³-hybridized carbons (Fsp3) is 0. The first-order chi connectivity index (χ1) is 9.45. The van der Waals surface area contributed by atoms with Crippen LogP contribution in [-0.2, 0) is 4.79 Å². The van der Waals surface area contributed by atoms with E-state index < -0.39 is 16.9 Å². The summed E-state index contributed by atoms with van der Waals surface area (Å²) in [6, 6.07) is 5.29. The Morgan fingerprint density at radius 3 is 2.80 bits per heavy atom. The molecule has 2 amide bonds. The van der Waals surface area contributed by atoms with Gasteiger partial charge in [0.15, 0.2) is 6.19 Å². The van der Waals surface area contributed by atoms with Gasteiger partial charge in [-0.15, -0.1) is 4.90 Å². The highest BCUT2D eigenvalue weighted by molar-refractivity contribution is 6.29. The third-order valence-electron chi connectivity index (χ3n) is 1.94. The summed E-state index contributed by atoms with van der Waals surface area (Å²) < 4.78 is 0. The van der Waals surface area contributed by atoms with Crippen molar-refractivity contribution in [1.29, 1.82) is 5.26 Å². The molecule has 0 aliphatic rings. The molecule has 0 saturated carbocycles. The number of nitrogens with one attached hydrogen (secondary N) is 1. The van der Waals surface area contributed by atoms with Gasteiger partial charge < -0.3 is 5.11 Å². The largest absolute Gasteiger partial charge is 0.464 e. The fourth-order valence-corrected chi connectivity index (χ4v) is 1.10. The maximum atomic E-state index is 11.2. The van der Waals surface area contributed by atoms with Crippen LogP contribution in [0.15, 0.2) is 29.4 Å². The third kappa shape index (κ3) is 3.77. The van der Waals surface area contributed by atoms with Crippen molar-refractivity contribution in [3.63, 3.8) is 0 Å². The molecular weight excluding hydrogens is 270 g/mol. The zero-order chi connectivity index (χ0) is 15.1. The lowest BCUT2D eigenvalue weighted by Gasteiger charge is -2.03. The van der Waals surface area contributed by atoms with Gasteiger partial charge >= 0.3 is 6.09 Å². The summed E-state index contributed by atoms with van der Waals surface area (Å²) in [5.41, 5.74) is 2.35. The minimum atomic E-state index is -1.74. The highest BCUT2D eigenvalue weighted by atomic mass is 16.6. The molecule has 0 radical (unpaired) electrons. The Hall–Kier alpha value is -3.48. The minimum Gasteiger partial charge on any atom is -0.464 e. The monoisotopic (exact) mass is 277 g/mol. The topological polar surface area (TPSA) is 149 Å². The van der Waals surface area contributed by atoms with Crippen molar-refractivity contribution in [2.24, 2.45) is 5.10 Å². The molecule has 0 aromatic heterocycles. The summed E-state index contributed by atoms with van der Waals surface area (Å²) in [7, 11) is 0. The van der Waals surface area contributed by atoms with Gasteiger partial charge in [0.25, 0.3) is 11.6 Å². The quantitative estimate of drug-likeness (QED) is 0.274. The van der Waals surface area contributed by atoms with Crippen LogP contribution in [0.3, 0.4) is 0 Å². The van der Waals surface area contributed by atoms with Gasteiger partial charge in [-0.1, -0.05) is 6.07 Å². The molecule has 1 aromatic rings. The van der Waals surface area contributed by atoms with Crippen LogP contribution in [0.25, 0.3) is 0 Å². The number of hydrogen-bond donors (Lipinski definition) is 2.